The van der Waals surface area contributed by atoms with Crippen LogP contribution in [0.25, 0.3) is 0 Å². The molecule has 1 amide bonds. The van der Waals surface area contributed by atoms with Crippen molar-refractivity contribution in [2.24, 2.45) is 11.7 Å². The first-order valence-electron chi connectivity index (χ1n) is 4.75. The number of hydrogen-bond acceptors (Lipinski definition) is 3. The van der Waals surface area contributed by atoms with Crippen LogP contribution in [-0.4, -0.2) is 43.2 Å². The van der Waals surface area contributed by atoms with Crippen molar-refractivity contribution in [2.75, 3.05) is 26.3 Å². The molecule has 76 valence electrons. The summed E-state index contributed by atoms with van der Waals surface area (Å²) in [4.78, 5) is 13.6. The summed E-state index contributed by atoms with van der Waals surface area (Å²) in [6.07, 6.45) is 0. The van der Waals surface area contributed by atoms with Crippen LogP contribution in [0.4, 0.5) is 0 Å². The Morgan fingerprint density at radius 2 is 2.46 bits per heavy atom. The molecule has 0 aromatic rings. The monoisotopic (exact) mass is 186 g/mol. The van der Waals surface area contributed by atoms with Crippen LogP contribution in [0.3, 0.4) is 0 Å². The van der Waals surface area contributed by atoms with E-state index in [0.717, 1.165) is 0 Å². The Morgan fingerprint density at radius 1 is 1.77 bits per heavy atom. The summed E-state index contributed by atoms with van der Waals surface area (Å²) < 4.78 is 5.25. The molecule has 1 aliphatic heterocycles. The first-order valence-corrected chi connectivity index (χ1v) is 4.75. The molecule has 2 atom stereocenters. The van der Waals surface area contributed by atoms with E-state index in [1.54, 1.807) is 0 Å². The zero-order valence-corrected chi connectivity index (χ0v) is 8.32. The van der Waals surface area contributed by atoms with Gasteiger partial charge < -0.3 is 15.4 Å². The van der Waals surface area contributed by atoms with Crippen molar-refractivity contribution in [3.63, 3.8) is 0 Å². The van der Waals surface area contributed by atoms with E-state index in [0.29, 0.717) is 26.3 Å². The second-order valence-electron chi connectivity index (χ2n) is 3.59. The van der Waals surface area contributed by atoms with Crippen LogP contribution in [-0.2, 0) is 9.53 Å². The van der Waals surface area contributed by atoms with Crippen LogP contribution in [0.15, 0.2) is 0 Å². The molecule has 1 saturated heterocycles. The van der Waals surface area contributed by atoms with Crippen LogP contribution in [0.1, 0.15) is 13.8 Å². The predicted octanol–water partition coefficient (Wildman–Crippen LogP) is -0.171. The van der Waals surface area contributed by atoms with Gasteiger partial charge in [0.25, 0.3) is 0 Å². The maximum Gasteiger partial charge on any atom is 0.227 e. The molecule has 1 aliphatic rings. The second-order valence-corrected chi connectivity index (χ2v) is 3.59. The van der Waals surface area contributed by atoms with Crippen molar-refractivity contribution in [1.29, 1.82) is 0 Å². The topological polar surface area (TPSA) is 55.6 Å². The maximum atomic E-state index is 11.7. The summed E-state index contributed by atoms with van der Waals surface area (Å²) in [7, 11) is 0. The molecule has 0 aliphatic carbocycles. The first-order chi connectivity index (χ1) is 6.16. The van der Waals surface area contributed by atoms with E-state index in [-0.39, 0.29) is 17.9 Å². The van der Waals surface area contributed by atoms with Crippen LogP contribution in [0.5, 0.6) is 0 Å². The molecule has 0 spiro atoms. The molecule has 0 saturated carbocycles. The molecule has 1 unspecified atom stereocenters. The van der Waals surface area contributed by atoms with E-state index in [1.807, 2.05) is 18.7 Å². The highest BCUT2D eigenvalue weighted by Crippen LogP contribution is 2.10. The number of nitrogens with two attached hydrogens (primary N) is 1. The molecule has 2 N–H and O–H groups in total. The second kappa shape index (κ2) is 4.58. The van der Waals surface area contributed by atoms with Gasteiger partial charge in [-0.15, -0.1) is 0 Å². The smallest absolute Gasteiger partial charge is 0.227 e. The van der Waals surface area contributed by atoms with Gasteiger partial charge in [-0.2, -0.15) is 0 Å². The molecule has 0 aromatic heterocycles. The third-order valence-corrected chi connectivity index (χ3v) is 2.43. The largest absolute Gasteiger partial charge is 0.377 e. The van der Waals surface area contributed by atoms with Gasteiger partial charge >= 0.3 is 0 Å². The molecule has 1 rings (SSSR count). The summed E-state index contributed by atoms with van der Waals surface area (Å²) in [6.45, 7) is 6.27. The average Bonchev–Trinajstić information content (AvgIpc) is 2.16. The van der Waals surface area contributed by atoms with Gasteiger partial charge in [0.05, 0.1) is 19.3 Å². The minimum absolute atomic E-state index is 0.0689. The van der Waals surface area contributed by atoms with Crippen molar-refractivity contribution in [3.05, 3.63) is 0 Å². The minimum Gasteiger partial charge on any atom is -0.377 e. The zero-order chi connectivity index (χ0) is 9.84. The van der Waals surface area contributed by atoms with Gasteiger partial charge in [0.15, 0.2) is 0 Å². The number of ether oxygens (including phenoxy) is 1. The van der Waals surface area contributed by atoms with Crippen LogP contribution in [0, 0.1) is 5.92 Å². The van der Waals surface area contributed by atoms with Crippen molar-refractivity contribution in [2.45, 2.75) is 19.9 Å². The van der Waals surface area contributed by atoms with Crippen molar-refractivity contribution >= 4 is 5.91 Å². The number of morpholine rings is 1. The molecule has 4 heteroatoms. The molecule has 13 heavy (non-hydrogen) atoms. The normalized spacial score (nSPS) is 25.8. The Morgan fingerprint density at radius 3 is 3.00 bits per heavy atom. The van der Waals surface area contributed by atoms with Crippen molar-refractivity contribution in [1.82, 2.24) is 4.90 Å². The molecule has 1 fully saturated rings. The van der Waals surface area contributed by atoms with Crippen LogP contribution >= 0.6 is 0 Å². The average molecular weight is 186 g/mol. The molecule has 0 radical (unpaired) electrons. The Bertz CT molecular complexity index is 184. The van der Waals surface area contributed by atoms with E-state index in [1.165, 1.54) is 0 Å². The predicted molar refractivity (Wildman–Crippen MR) is 50.2 cm³/mol. The van der Waals surface area contributed by atoms with Gasteiger partial charge in [-0.25, -0.2) is 0 Å². The van der Waals surface area contributed by atoms with Gasteiger partial charge in [-0.1, -0.05) is 6.92 Å². The van der Waals surface area contributed by atoms with Gasteiger partial charge in [-0.05, 0) is 6.92 Å². The number of hydrogen-bond donors (Lipinski definition) is 1. The van der Waals surface area contributed by atoms with Gasteiger partial charge in [-0.3, -0.25) is 4.79 Å². The van der Waals surface area contributed by atoms with E-state index >= 15 is 0 Å². The van der Waals surface area contributed by atoms with Crippen molar-refractivity contribution < 1.29 is 9.53 Å². The number of rotatable bonds is 2. The minimum atomic E-state index is -0.0689. The summed E-state index contributed by atoms with van der Waals surface area (Å²) in [5.41, 5.74) is 5.45. The Hall–Kier alpha value is -0.610. The summed E-state index contributed by atoms with van der Waals surface area (Å²) in [6, 6.07) is 0.190. The molecule has 1 heterocycles. The van der Waals surface area contributed by atoms with E-state index in [9.17, 15) is 4.79 Å². The highest BCUT2D eigenvalue weighted by molar-refractivity contribution is 5.79. The van der Waals surface area contributed by atoms with Gasteiger partial charge in [0, 0.05) is 19.0 Å². The Labute approximate surface area is 79.0 Å². The Balaban J connectivity index is 2.53. The van der Waals surface area contributed by atoms with Gasteiger partial charge in [0.1, 0.15) is 0 Å². The fourth-order valence-electron chi connectivity index (χ4n) is 1.44. The molecular formula is C9H18N2O2. The fraction of sp³-hybridized carbons (Fsp3) is 0.889. The summed E-state index contributed by atoms with van der Waals surface area (Å²) in [5.74, 6) is 0.0823. The lowest BCUT2D eigenvalue weighted by atomic mass is 10.1. The molecule has 0 aromatic carbocycles. The molecule has 0 bridgehead atoms. The van der Waals surface area contributed by atoms with Crippen LogP contribution < -0.4 is 5.73 Å². The van der Waals surface area contributed by atoms with E-state index < -0.39 is 0 Å². The third kappa shape index (κ3) is 2.42. The molecule has 4 nitrogen and oxygen atoms in total. The summed E-state index contributed by atoms with van der Waals surface area (Å²) >= 11 is 0. The SMILES string of the molecule is CC(CN)C(=O)N1CCOC[C@H]1C. The standard InChI is InChI=1S/C9H18N2O2/c1-7(5-10)9(12)11-3-4-13-6-8(11)2/h7-8H,3-6,10H2,1-2H3/t7?,8-/m1/s1. The Kier molecular flexibility index (Phi) is 3.69. The lowest BCUT2D eigenvalue weighted by Crippen LogP contribution is -2.49. The number of amides is 1. The van der Waals surface area contributed by atoms with Gasteiger partial charge in [0.2, 0.25) is 5.91 Å². The first kappa shape index (κ1) is 10.5. The van der Waals surface area contributed by atoms with Crippen molar-refractivity contribution in [3.8, 4) is 0 Å². The maximum absolute atomic E-state index is 11.7. The lowest BCUT2D eigenvalue weighted by molar-refractivity contribution is -0.142. The van der Waals surface area contributed by atoms with E-state index in [4.69, 9.17) is 10.5 Å². The lowest BCUT2D eigenvalue weighted by Gasteiger charge is -2.34. The highest BCUT2D eigenvalue weighted by atomic mass is 16.5. The highest BCUT2D eigenvalue weighted by Gasteiger charge is 2.26. The number of carbonyl (C=O) groups excluding carboxylic acids is 1. The zero-order valence-electron chi connectivity index (χ0n) is 8.32. The number of nitrogens with zero attached hydrogens (tertiary/aromatic N) is 1. The third-order valence-electron chi connectivity index (χ3n) is 2.43. The van der Waals surface area contributed by atoms with E-state index in [2.05, 4.69) is 0 Å². The molecular weight excluding hydrogens is 168 g/mol. The quantitative estimate of drug-likeness (QED) is 0.651. The fourth-order valence-corrected chi connectivity index (χ4v) is 1.44. The van der Waals surface area contributed by atoms with Crippen LogP contribution in [0.2, 0.25) is 0 Å². The number of carbonyl (C=O) groups is 1. The summed E-state index contributed by atoms with van der Waals surface area (Å²) in [5, 5.41) is 0.